The number of rotatable bonds is 10. The van der Waals surface area contributed by atoms with Crippen LogP contribution in [0.4, 0.5) is 10.2 Å². The van der Waals surface area contributed by atoms with Gasteiger partial charge in [0, 0.05) is 43.2 Å². The van der Waals surface area contributed by atoms with Gasteiger partial charge in [-0.15, -0.1) is 0 Å². The zero-order valence-corrected chi connectivity index (χ0v) is 23.6. The van der Waals surface area contributed by atoms with Crippen molar-refractivity contribution < 1.29 is 19.0 Å². The van der Waals surface area contributed by atoms with Crippen LogP contribution in [0.5, 0.6) is 5.75 Å². The molecule has 0 saturated heterocycles. The molecule has 1 amide bonds. The molecule has 4 N–H and O–H groups in total. The summed E-state index contributed by atoms with van der Waals surface area (Å²) in [5.74, 6) is 1.18. The maximum atomic E-state index is 13.4. The SMILES string of the molecule is CC(=O)N[C@@H](Cc1ccc(F)cc1)[C@H](O)CN[C@H]1CC2(CCC2)Oc2c1cc(CC(C)(C)C)nc2NC1CC1. The summed E-state index contributed by atoms with van der Waals surface area (Å²) in [7, 11) is 0. The lowest BCUT2D eigenvalue weighted by molar-refractivity contribution is -0.120. The minimum atomic E-state index is -0.831. The highest BCUT2D eigenvalue weighted by Crippen LogP contribution is 2.51. The fourth-order valence-electron chi connectivity index (χ4n) is 5.75. The van der Waals surface area contributed by atoms with E-state index in [1.807, 2.05) is 0 Å². The van der Waals surface area contributed by atoms with Gasteiger partial charge < -0.3 is 25.8 Å². The first-order valence-electron chi connectivity index (χ1n) is 14.4. The van der Waals surface area contributed by atoms with Gasteiger partial charge in [-0.25, -0.2) is 9.37 Å². The molecule has 1 aliphatic heterocycles. The molecule has 8 heteroatoms. The van der Waals surface area contributed by atoms with E-state index in [-0.39, 0.29) is 28.8 Å². The van der Waals surface area contributed by atoms with Crippen LogP contribution in [0.25, 0.3) is 0 Å². The lowest BCUT2D eigenvalue weighted by Crippen LogP contribution is -2.52. The van der Waals surface area contributed by atoms with Gasteiger partial charge in [-0.3, -0.25) is 4.79 Å². The molecule has 2 saturated carbocycles. The van der Waals surface area contributed by atoms with Crippen molar-refractivity contribution in [1.82, 2.24) is 15.6 Å². The molecule has 0 unspecified atom stereocenters. The average molecular weight is 539 g/mol. The molecule has 1 aromatic heterocycles. The minimum absolute atomic E-state index is 0.00558. The number of nitrogens with zero attached hydrogens (tertiary/aromatic N) is 1. The molecular weight excluding hydrogens is 495 g/mol. The zero-order valence-electron chi connectivity index (χ0n) is 23.6. The Hall–Kier alpha value is -2.71. The highest BCUT2D eigenvalue weighted by molar-refractivity contribution is 5.73. The summed E-state index contributed by atoms with van der Waals surface area (Å²) in [6.07, 6.45) is 6.73. The summed E-state index contributed by atoms with van der Waals surface area (Å²) in [6.45, 7) is 8.41. The third-order valence-electron chi connectivity index (χ3n) is 8.01. The summed E-state index contributed by atoms with van der Waals surface area (Å²) in [5, 5.41) is 21.4. The first-order valence-corrected chi connectivity index (χ1v) is 14.4. The number of benzene rings is 1. The average Bonchev–Trinajstić information content (AvgIpc) is 3.65. The van der Waals surface area contributed by atoms with Crippen LogP contribution in [-0.4, -0.2) is 46.3 Å². The van der Waals surface area contributed by atoms with Crippen LogP contribution < -0.4 is 20.7 Å². The van der Waals surface area contributed by atoms with Crippen LogP contribution in [0.15, 0.2) is 30.3 Å². The number of nitrogens with one attached hydrogen (secondary N) is 3. The van der Waals surface area contributed by atoms with Crippen molar-refractivity contribution in [2.75, 3.05) is 11.9 Å². The molecule has 3 atom stereocenters. The lowest BCUT2D eigenvalue weighted by Gasteiger charge is -2.48. The highest BCUT2D eigenvalue weighted by Gasteiger charge is 2.47. The quantitative estimate of drug-likeness (QED) is 0.346. The zero-order chi connectivity index (χ0) is 27.8. The van der Waals surface area contributed by atoms with Crippen LogP contribution in [0.1, 0.15) is 89.1 Å². The molecule has 0 radical (unpaired) electrons. The Balaban J connectivity index is 1.38. The van der Waals surface area contributed by atoms with E-state index in [4.69, 9.17) is 9.72 Å². The number of carbonyl (C=O) groups is 1. The van der Waals surface area contributed by atoms with Crippen LogP contribution in [0.3, 0.4) is 0 Å². The third kappa shape index (κ3) is 7.09. The molecule has 2 heterocycles. The van der Waals surface area contributed by atoms with E-state index in [0.29, 0.717) is 19.0 Å². The summed E-state index contributed by atoms with van der Waals surface area (Å²) >= 11 is 0. The monoisotopic (exact) mass is 538 g/mol. The van der Waals surface area contributed by atoms with E-state index >= 15 is 0 Å². The Morgan fingerprint density at radius 3 is 2.54 bits per heavy atom. The Bertz CT molecular complexity index is 1170. The van der Waals surface area contributed by atoms with E-state index in [1.54, 1.807) is 12.1 Å². The van der Waals surface area contributed by atoms with Gasteiger partial charge in [0.1, 0.15) is 11.4 Å². The van der Waals surface area contributed by atoms with Gasteiger partial charge in [-0.1, -0.05) is 32.9 Å². The molecule has 5 rings (SSSR count). The molecule has 212 valence electrons. The topological polar surface area (TPSA) is 95.5 Å². The van der Waals surface area contributed by atoms with E-state index in [2.05, 4.69) is 42.8 Å². The van der Waals surface area contributed by atoms with E-state index < -0.39 is 12.1 Å². The summed E-state index contributed by atoms with van der Waals surface area (Å²) in [6, 6.07) is 8.31. The lowest BCUT2D eigenvalue weighted by atomic mass is 9.72. The Morgan fingerprint density at radius 1 is 1.23 bits per heavy atom. The number of halogens is 1. The predicted octanol–water partition coefficient (Wildman–Crippen LogP) is 4.83. The van der Waals surface area contributed by atoms with Crippen molar-refractivity contribution in [3.05, 3.63) is 53.0 Å². The van der Waals surface area contributed by atoms with E-state index in [1.165, 1.54) is 19.1 Å². The number of aliphatic hydroxyl groups is 1. The third-order valence-corrected chi connectivity index (χ3v) is 8.01. The van der Waals surface area contributed by atoms with Crippen molar-refractivity contribution in [3.63, 3.8) is 0 Å². The number of ether oxygens (including phenoxy) is 1. The summed E-state index contributed by atoms with van der Waals surface area (Å²) in [5.41, 5.74) is 2.87. The molecular formula is C31H43FN4O3. The van der Waals surface area contributed by atoms with Crippen molar-refractivity contribution in [3.8, 4) is 5.75 Å². The van der Waals surface area contributed by atoms with Crippen LogP contribution >= 0.6 is 0 Å². The molecule has 7 nitrogen and oxygen atoms in total. The Morgan fingerprint density at radius 2 is 1.95 bits per heavy atom. The molecule has 1 aromatic carbocycles. The number of anilines is 1. The summed E-state index contributed by atoms with van der Waals surface area (Å²) < 4.78 is 20.1. The number of hydrogen-bond donors (Lipinski definition) is 4. The van der Waals surface area contributed by atoms with E-state index in [0.717, 1.165) is 73.3 Å². The molecule has 3 aliphatic rings. The second kappa shape index (κ2) is 11.0. The Kier molecular flexibility index (Phi) is 7.89. The first-order chi connectivity index (χ1) is 18.5. The number of fused-ring (bicyclic) bond motifs is 1. The molecule has 2 fully saturated rings. The fraction of sp³-hybridized carbons (Fsp3) is 0.613. The molecule has 39 heavy (non-hydrogen) atoms. The maximum Gasteiger partial charge on any atom is 0.217 e. The van der Waals surface area contributed by atoms with Crippen molar-refractivity contribution in [1.29, 1.82) is 0 Å². The van der Waals surface area contributed by atoms with Crippen molar-refractivity contribution >= 4 is 11.7 Å². The summed E-state index contributed by atoms with van der Waals surface area (Å²) in [4.78, 5) is 17.0. The van der Waals surface area contributed by atoms with Gasteiger partial charge in [0.15, 0.2) is 11.6 Å². The largest absolute Gasteiger partial charge is 0.483 e. The fourth-order valence-corrected chi connectivity index (χ4v) is 5.75. The minimum Gasteiger partial charge on any atom is -0.483 e. The molecule has 1 spiro atoms. The normalized spacial score (nSPS) is 21.3. The van der Waals surface area contributed by atoms with Crippen molar-refractivity contribution in [2.45, 2.75) is 109 Å². The van der Waals surface area contributed by atoms with Gasteiger partial charge in [0.25, 0.3) is 0 Å². The van der Waals surface area contributed by atoms with Gasteiger partial charge in [0.2, 0.25) is 5.91 Å². The molecule has 0 bridgehead atoms. The second-order valence-corrected chi connectivity index (χ2v) is 13.0. The maximum absolute atomic E-state index is 13.4. The molecule has 2 aromatic rings. The number of carbonyl (C=O) groups excluding carboxylic acids is 1. The number of aromatic nitrogens is 1. The predicted molar refractivity (Wildman–Crippen MR) is 150 cm³/mol. The Labute approximate surface area is 231 Å². The second-order valence-electron chi connectivity index (χ2n) is 13.0. The van der Waals surface area contributed by atoms with E-state index in [9.17, 15) is 14.3 Å². The number of aliphatic hydroxyl groups excluding tert-OH is 1. The smallest absolute Gasteiger partial charge is 0.217 e. The van der Waals surface area contributed by atoms with Crippen LogP contribution in [0.2, 0.25) is 0 Å². The number of pyridine rings is 1. The van der Waals surface area contributed by atoms with Crippen LogP contribution in [0, 0.1) is 11.2 Å². The first kappa shape index (κ1) is 27.8. The standard InChI is InChI=1S/C31H43FN4O3/c1-19(37)34-25(14-20-6-8-21(32)9-7-20)27(38)18-33-26-17-31(12-5-13-31)39-28-24(26)15-23(16-30(2,3)4)36-29(28)35-22-10-11-22/h6-9,15,22,25-27,33,38H,5,10-14,16-18H2,1-4H3,(H,34,37)(H,35,36)/t25-,26-,27+/m0/s1. The number of hydrogen-bond acceptors (Lipinski definition) is 6. The number of amides is 1. The highest BCUT2D eigenvalue weighted by atomic mass is 19.1. The van der Waals surface area contributed by atoms with Gasteiger partial charge >= 0.3 is 0 Å². The van der Waals surface area contributed by atoms with Gasteiger partial charge in [-0.05, 0) is 74.1 Å². The van der Waals surface area contributed by atoms with Crippen LogP contribution in [-0.2, 0) is 17.6 Å². The van der Waals surface area contributed by atoms with Crippen molar-refractivity contribution in [2.24, 2.45) is 5.41 Å². The van der Waals surface area contributed by atoms with Gasteiger partial charge in [0.05, 0.1) is 12.1 Å². The van der Waals surface area contributed by atoms with Gasteiger partial charge in [-0.2, -0.15) is 0 Å². The molecule has 2 aliphatic carbocycles.